The van der Waals surface area contributed by atoms with Crippen LogP contribution in [0.2, 0.25) is 0 Å². The third-order valence-electron chi connectivity index (χ3n) is 4.84. The molecule has 0 radical (unpaired) electrons. The quantitative estimate of drug-likeness (QED) is 0.663. The zero-order valence-electron chi connectivity index (χ0n) is 14.6. The van der Waals surface area contributed by atoms with Crippen LogP contribution in [0.4, 0.5) is 0 Å². The van der Waals surface area contributed by atoms with Gasteiger partial charge in [-0.15, -0.1) is 0 Å². The second-order valence-electron chi connectivity index (χ2n) is 6.68. The molecule has 0 amide bonds. The van der Waals surface area contributed by atoms with Crippen molar-refractivity contribution in [2.24, 2.45) is 0 Å². The first kappa shape index (κ1) is 16.1. The normalized spacial score (nSPS) is 18.2. The lowest BCUT2D eigenvalue weighted by Gasteiger charge is -2.29. The van der Waals surface area contributed by atoms with Gasteiger partial charge in [0.05, 0.1) is 6.61 Å². The Labute approximate surface area is 149 Å². The molecule has 1 aliphatic rings. The van der Waals surface area contributed by atoms with Gasteiger partial charge >= 0.3 is 0 Å². The lowest BCUT2D eigenvalue weighted by atomic mass is 9.92. The van der Waals surface area contributed by atoms with Crippen molar-refractivity contribution < 1.29 is 4.74 Å². The summed E-state index contributed by atoms with van der Waals surface area (Å²) in [6.45, 7) is 2.64. The molecule has 0 aromatic heterocycles. The number of nitrogens with zero attached hydrogens (tertiary/aromatic N) is 1. The summed E-state index contributed by atoms with van der Waals surface area (Å²) in [6.07, 6.45) is -0.00596. The molecule has 1 aliphatic heterocycles. The van der Waals surface area contributed by atoms with Gasteiger partial charge in [-0.25, -0.2) is 0 Å². The molecule has 2 heteroatoms. The van der Waals surface area contributed by atoms with E-state index >= 15 is 0 Å². The molecule has 1 heterocycles. The summed E-state index contributed by atoms with van der Waals surface area (Å²) in [6, 6.07) is 27.9. The highest BCUT2D eigenvalue weighted by Crippen LogP contribution is 2.33. The Morgan fingerprint density at radius 2 is 1.56 bits per heavy atom. The number of fused-ring (bicyclic) bond motifs is 1. The van der Waals surface area contributed by atoms with Gasteiger partial charge in [0.1, 0.15) is 6.10 Å². The fourth-order valence-corrected chi connectivity index (χ4v) is 3.48. The lowest BCUT2D eigenvalue weighted by molar-refractivity contribution is 0.0554. The molecule has 3 aromatic carbocycles. The minimum atomic E-state index is -0.00596. The molecule has 0 bridgehead atoms. The maximum atomic E-state index is 6.32. The van der Waals surface area contributed by atoms with E-state index in [9.17, 15) is 0 Å². The van der Waals surface area contributed by atoms with E-state index in [1.54, 1.807) is 0 Å². The van der Waals surface area contributed by atoms with Gasteiger partial charge in [0.15, 0.2) is 0 Å². The molecule has 0 saturated heterocycles. The van der Waals surface area contributed by atoms with E-state index in [1.165, 1.54) is 27.8 Å². The topological polar surface area (TPSA) is 12.5 Å². The van der Waals surface area contributed by atoms with Crippen LogP contribution < -0.4 is 0 Å². The van der Waals surface area contributed by atoms with Crippen molar-refractivity contribution in [1.29, 1.82) is 0 Å². The van der Waals surface area contributed by atoms with E-state index in [-0.39, 0.29) is 6.10 Å². The third-order valence-corrected chi connectivity index (χ3v) is 4.84. The molecule has 0 spiro atoms. The van der Waals surface area contributed by atoms with Crippen molar-refractivity contribution >= 4 is 0 Å². The SMILES string of the molecule is CN1CCOC(c2ccccc2)c2cc(-c3ccccc3)ccc2C1. The molecule has 1 unspecified atom stereocenters. The van der Waals surface area contributed by atoms with E-state index in [0.29, 0.717) is 0 Å². The van der Waals surface area contributed by atoms with Crippen LogP contribution in [0.5, 0.6) is 0 Å². The Kier molecular flexibility index (Phi) is 4.64. The predicted octanol–water partition coefficient (Wildman–Crippen LogP) is 4.91. The fraction of sp³-hybridized carbons (Fsp3) is 0.217. The van der Waals surface area contributed by atoms with Crippen molar-refractivity contribution in [3.63, 3.8) is 0 Å². The van der Waals surface area contributed by atoms with Crippen molar-refractivity contribution in [3.8, 4) is 11.1 Å². The molecule has 25 heavy (non-hydrogen) atoms. The zero-order chi connectivity index (χ0) is 17.1. The van der Waals surface area contributed by atoms with Gasteiger partial charge in [0.2, 0.25) is 0 Å². The monoisotopic (exact) mass is 329 g/mol. The number of benzene rings is 3. The summed E-state index contributed by atoms with van der Waals surface area (Å²) >= 11 is 0. The first-order valence-corrected chi connectivity index (χ1v) is 8.84. The van der Waals surface area contributed by atoms with Gasteiger partial charge in [-0.2, -0.15) is 0 Å². The van der Waals surface area contributed by atoms with Crippen LogP contribution in [0, 0.1) is 0 Å². The summed E-state index contributed by atoms with van der Waals surface area (Å²) in [4.78, 5) is 2.32. The van der Waals surface area contributed by atoms with Gasteiger partial charge < -0.3 is 4.74 Å². The van der Waals surface area contributed by atoms with E-state index in [4.69, 9.17) is 4.74 Å². The molecular weight excluding hydrogens is 306 g/mol. The maximum Gasteiger partial charge on any atom is 0.108 e. The molecule has 126 valence electrons. The molecule has 0 N–H and O–H groups in total. The number of likely N-dealkylation sites (N-methyl/N-ethyl adjacent to an activating group) is 1. The Balaban J connectivity index is 1.82. The number of ether oxygens (including phenoxy) is 1. The molecule has 0 fully saturated rings. The van der Waals surface area contributed by atoms with Crippen molar-refractivity contribution in [2.45, 2.75) is 12.6 Å². The first-order valence-electron chi connectivity index (χ1n) is 8.84. The Bertz CT molecular complexity index is 829. The van der Waals surface area contributed by atoms with Gasteiger partial charge in [0, 0.05) is 13.1 Å². The standard InChI is InChI=1S/C23H23NO/c1-24-14-15-25-23(19-10-6-3-7-11-19)22-16-20(12-13-21(22)17-24)18-8-4-2-5-9-18/h2-13,16,23H,14-15,17H2,1H3. The summed E-state index contributed by atoms with van der Waals surface area (Å²) in [5.74, 6) is 0. The number of rotatable bonds is 2. The van der Waals surface area contributed by atoms with Crippen molar-refractivity contribution in [3.05, 3.63) is 95.6 Å². The van der Waals surface area contributed by atoms with E-state index in [1.807, 2.05) is 0 Å². The highest BCUT2D eigenvalue weighted by Gasteiger charge is 2.22. The van der Waals surface area contributed by atoms with Crippen LogP contribution in [0.25, 0.3) is 11.1 Å². The van der Waals surface area contributed by atoms with Gasteiger partial charge in [-0.3, -0.25) is 4.90 Å². The fourth-order valence-electron chi connectivity index (χ4n) is 3.48. The van der Waals surface area contributed by atoms with Crippen LogP contribution in [0.15, 0.2) is 78.9 Å². The molecule has 3 aromatic rings. The Morgan fingerprint density at radius 1 is 0.840 bits per heavy atom. The highest BCUT2D eigenvalue weighted by atomic mass is 16.5. The van der Waals surface area contributed by atoms with E-state index in [2.05, 4.69) is 90.8 Å². The Morgan fingerprint density at radius 3 is 2.32 bits per heavy atom. The van der Waals surface area contributed by atoms with E-state index < -0.39 is 0 Å². The average molecular weight is 329 g/mol. The molecule has 4 rings (SSSR count). The van der Waals surface area contributed by atoms with E-state index in [0.717, 1.165) is 19.7 Å². The minimum Gasteiger partial charge on any atom is -0.367 e. The first-order chi connectivity index (χ1) is 12.3. The molecule has 1 atom stereocenters. The summed E-state index contributed by atoms with van der Waals surface area (Å²) in [5.41, 5.74) is 6.33. The second-order valence-corrected chi connectivity index (χ2v) is 6.68. The predicted molar refractivity (Wildman–Crippen MR) is 102 cm³/mol. The summed E-state index contributed by atoms with van der Waals surface area (Å²) < 4.78 is 6.32. The molecule has 0 aliphatic carbocycles. The van der Waals surface area contributed by atoms with Gasteiger partial charge in [0.25, 0.3) is 0 Å². The summed E-state index contributed by atoms with van der Waals surface area (Å²) in [5, 5.41) is 0. The van der Waals surface area contributed by atoms with Crippen LogP contribution in [-0.2, 0) is 11.3 Å². The second kappa shape index (κ2) is 7.22. The van der Waals surface area contributed by atoms with Crippen molar-refractivity contribution in [2.75, 3.05) is 20.2 Å². The summed E-state index contributed by atoms with van der Waals surface area (Å²) in [7, 11) is 2.15. The lowest BCUT2D eigenvalue weighted by Crippen LogP contribution is -2.27. The Hall–Kier alpha value is -2.42. The average Bonchev–Trinajstić information content (AvgIpc) is 2.66. The van der Waals surface area contributed by atoms with Gasteiger partial charge in [-0.05, 0) is 40.9 Å². The number of hydrogen-bond donors (Lipinski definition) is 0. The third kappa shape index (κ3) is 3.51. The number of hydrogen-bond acceptors (Lipinski definition) is 2. The maximum absolute atomic E-state index is 6.32. The molecule has 0 saturated carbocycles. The minimum absolute atomic E-state index is 0.00596. The smallest absolute Gasteiger partial charge is 0.108 e. The molecular formula is C23H23NO. The van der Waals surface area contributed by atoms with Crippen LogP contribution in [0.1, 0.15) is 22.8 Å². The highest BCUT2D eigenvalue weighted by molar-refractivity contribution is 5.65. The van der Waals surface area contributed by atoms with Gasteiger partial charge in [-0.1, -0.05) is 72.8 Å². The largest absolute Gasteiger partial charge is 0.367 e. The van der Waals surface area contributed by atoms with Crippen LogP contribution in [0.3, 0.4) is 0 Å². The molecule has 2 nitrogen and oxygen atoms in total. The van der Waals surface area contributed by atoms with Crippen LogP contribution >= 0.6 is 0 Å². The van der Waals surface area contributed by atoms with Crippen molar-refractivity contribution in [1.82, 2.24) is 4.90 Å². The van der Waals surface area contributed by atoms with Crippen LogP contribution in [-0.4, -0.2) is 25.1 Å². The zero-order valence-corrected chi connectivity index (χ0v) is 14.6.